The van der Waals surface area contributed by atoms with Gasteiger partial charge in [0.15, 0.2) is 0 Å². The van der Waals surface area contributed by atoms with Gasteiger partial charge in [-0.3, -0.25) is 0 Å². The summed E-state index contributed by atoms with van der Waals surface area (Å²) >= 11 is 0. The molecule has 4 heteroatoms. The first-order chi connectivity index (χ1) is 7.54. The molecule has 0 radical (unpaired) electrons. The van der Waals surface area contributed by atoms with Crippen molar-refractivity contribution < 1.29 is 14.1 Å². The van der Waals surface area contributed by atoms with Crippen LogP contribution in [-0.2, 0) is 14.1 Å². The van der Waals surface area contributed by atoms with Crippen LogP contribution in [0.15, 0.2) is 12.2 Å². The first kappa shape index (κ1) is 14.5. The fourth-order valence-electron chi connectivity index (χ4n) is 1.72. The summed E-state index contributed by atoms with van der Waals surface area (Å²) in [4.78, 5) is 11.2. The standard InChI is InChI=1S/C13H23BO3/c1-10(2)13(7,9-15)8-14-16-11(3,4)12(5,6)17-14/h9H,1,8H2,2-7H3. The van der Waals surface area contributed by atoms with Gasteiger partial charge in [0.25, 0.3) is 0 Å². The maximum absolute atomic E-state index is 11.2. The predicted molar refractivity (Wildman–Crippen MR) is 69.9 cm³/mol. The molecule has 3 nitrogen and oxygen atoms in total. The van der Waals surface area contributed by atoms with E-state index in [0.29, 0.717) is 6.32 Å². The van der Waals surface area contributed by atoms with Gasteiger partial charge in [0.05, 0.1) is 11.2 Å². The van der Waals surface area contributed by atoms with E-state index in [1.807, 2.05) is 41.5 Å². The van der Waals surface area contributed by atoms with Crippen LogP contribution < -0.4 is 0 Å². The Morgan fingerprint density at radius 1 is 1.29 bits per heavy atom. The van der Waals surface area contributed by atoms with Crippen LogP contribution >= 0.6 is 0 Å². The van der Waals surface area contributed by atoms with Gasteiger partial charge in [-0.05, 0) is 47.9 Å². The lowest BCUT2D eigenvalue weighted by molar-refractivity contribution is -0.113. The first-order valence-electron chi connectivity index (χ1n) is 6.02. The second-order valence-electron chi connectivity index (χ2n) is 6.21. The lowest BCUT2D eigenvalue weighted by Gasteiger charge is -2.32. The molecule has 1 rings (SSSR count). The van der Waals surface area contributed by atoms with Crippen molar-refractivity contribution >= 4 is 13.4 Å². The molecule has 17 heavy (non-hydrogen) atoms. The van der Waals surface area contributed by atoms with Crippen molar-refractivity contribution in [2.24, 2.45) is 5.41 Å². The zero-order chi connectivity index (χ0) is 13.5. The summed E-state index contributed by atoms with van der Waals surface area (Å²) in [5.41, 5.74) is -0.448. The maximum atomic E-state index is 11.2. The molecular formula is C13H23BO3. The third kappa shape index (κ3) is 2.63. The molecule has 0 saturated carbocycles. The fourth-order valence-corrected chi connectivity index (χ4v) is 1.72. The minimum atomic E-state index is -0.582. The van der Waals surface area contributed by atoms with Crippen LogP contribution in [0, 0.1) is 5.41 Å². The third-order valence-corrected chi connectivity index (χ3v) is 4.13. The second-order valence-corrected chi connectivity index (χ2v) is 6.21. The Bertz CT molecular complexity index is 320. The molecule has 1 fully saturated rings. The monoisotopic (exact) mass is 238 g/mol. The lowest BCUT2D eigenvalue weighted by atomic mass is 9.66. The number of carbonyl (C=O) groups excluding carboxylic acids is 1. The molecule has 0 amide bonds. The highest BCUT2D eigenvalue weighted by molar-refractivity contribution is 6.46. The molecule has 1 unspecified atom stereocenters. The largest absolute Gasteiger partial charge is 0.459 e. The van der Waals surface area contributed by atoms with E-state index in [2.05, 4.69) is 6.58 Å². The van der Waals surface area contributed by atoms with E-state index in [0.717, 1.165) is 11.9 Å². The van der Waals surface area contributed by atoms with Crippen LogP contribution in [0.25, 0.3) is 0 Å². The van der Waals surface area contributed by atoms with Gasteiger partial charge in [0.2, 0.25) is 0 Å². The topological polar surface area (TPSA) is 35.5 Å². The van der Waals surface area contributed by atoms with Gasteiger partial charge in [-0.25, -0.2) is 0 Å². The summed E-state index contributed by atoms with van der Waals surface area (Å²) in [5, 5.41) is 0. The van der Waals surface area contributed by atoms with Crippen LogP contribution in [-0.4, -0.2) is 24.6 Å². The molecule has 0 aromatic rings. The summed E-state index contributed by atoms with van der Waals surface area (Å²) < 4.78 is 11.8. The summed E-state index contributed by atoms with van der Waals surface area (Å²) in [6.45, 7) is 15.6. The quantitative estimate of drug-likeness (QED) is 0.429. The lowest BCUT2D eigenvalue weighted by Crippen LogP contribution is -2.41. The van der Waals surface area contributed by atoms with E-state index in [9.17, 15) is 4.79 Å². The summed E-state index contributed by atoms with van der Waals surface area (Å²) in [7, 11) is -0.355. The number of aldehydes is 1. The maximum Gasteiger partial charge on any atom is 0.459 e. The van der Waals surface area contributed by atoms with E-state index >= 15 is 0 Å². The van der Waals surface area contributed by atoms with Gasteiger partial charge in [-0.1, -0.05) is 12.2 Å². The van der Waals surface area contributed by atoms with Crippen LogP contribution in [0.1, 0.15) is 41.5 Å². The smallest absolute Gasteiger partial charge is 0.403 e. The molecule has 96 valence electrons. The van der Waals surface area contributed by atoms with Crippen molar-refractivity contribution in [2.75, 3.05) is 0 Å². The van der Waals surface area contributed by atoms with Gasteiger partial charge >= 0.3 is 7.12 Å². The molecule has 1 heterocycles. The van der Waals surface area contributed by atoms with Crippen molar-refractivity contribution in [1.29, 1.82) is 0 Å². The van der Waals surface area contributed by atoms with E-state index in [1.165, 1.54) is 0 Å². The minimum Gasteiger partial charge on any atom is -0.403 e. The van der Waals surface area contributed by atoms with Crippen molar-refractivity contribution in [3.63, 3.8) is 0 Å². The van der Waals surface area contributed by atoms with E-state index < -0.39 is 5.41 Å². The van der Waals surface area contributed by atoms with Crippen LogP contribution in [0.4, 0.5) is 0 Å². The van der Waals surface area contributed by atoms with Gasteiger partial charge in [0.1, 0.15) is 6.29 Å². The molecule has 0 aromatic heterocycles. The number of hydrogen-bond acceptors (Lipinski definition) is 3. The Labute approximate surface area is 105 Å². The Hall–Kier alpha value is -0.605. The minimum absolute atomic E-state index is 0.351. The number of hydrogen-bond donors (Lipinski definition) is 0. The SMILES string of the molecule is C=C(C)C(C)(C=O)CB1OC(C)(C)C(C)(C)O1. The molecular weight excluding hydrogens is 215 g/mol. The molecule has 0 bridgehead atoms. The number of rotatable bonds is 4. The average Bonchev–Trinajstić information content (AvgIpc) is 2.34. The van der Waals surface area contributed by atoms with Crippen LogP contribution in [0.5, 0.6) is 0 Å². The number of allylic oxidation sites excluding steroid dienone is 1. The van der Waals surface area contributed by atoms with Crippen molar-refractivity contribution in [3.05, 3.63) is 12.2 Å². The molecule has 0 aromatic carbocycles. The van der Waals surface area contributed by atoms with Crippen molar-refractivity contribution in [2.45, 2.75) is 59.1 Å². The Kier molecular flexibility index (Phi) is 3.61. The molecule has 1 aliphatic rings. The number of carbonyl (C=O) groups is 1. The van der Waals surface area contributed by atoms with Gasteiger partial charge < -0.3 is 14.1 Å². The van der Waals surface area contributed by atoms with E-state index in [-0.39, 0.29) is 18.3 Å². The fraction of sp³-hybridized carbons (Fsp3) is 0.769. The van der Waals surface area contributed by atoms with E-state index in [4.69, 9.17) is 9.31 Å². The predicted octanol–water partition coefficient (Wildman–Crippen LogP) is 2.86. The van der Waals surface area contributed by atoms with Gasteiger partial charge in [0, 0.05) is 5.41 Å². The highest BCUT2D eigenvalue weighted by atomic mass is 16.7. The Morgan fingerprint density at radius 2 is 1.71 bits per heavy atom. The zero-order valence-electron chi connectivity index (χ0n) is 11.8. The molecule has 0 aliphatic carbocycles. The van der Waals surface area contributed by atoms with Crippen LogP contribution in [0.2, 0.25) is 6.32 Å². The second kappa shape index (κ2) is 4.25. The molecule has 1 aliphatic heterocycles. The third-order valence-electron chi connectivity index (χ3n) is 4.13. The van der Waals surface area contributed by atoms with Crippen molar-refractivity contribution in [1.82, 2.24) is 0 Å². The van der Waals surface area contributed by atoms with Gasteiger partial charge in [-0.2, -0.15) is 0 Å². The molecule has 0 spiro atoms. The molecule has 1 atom stereocenters. The molecule has 0 N–H and O–H groups in total. The Balaban J connectivity index is 2.80. The molecule has 1 saturated heterocycles. The first-order valence-corrected chi connectivity index (χ1v) is 6.02. The summed E-state index contributed by atoms with van der Waals surface area (Å²) in [6.07, 6.45) is 1.44. The highest BCUT2D eigenvalue weighted by Gasteiger charge is 2.52. The van der Waals surface area contributed by atoms with E-state index in [1.54, 1.807) is 0 Å². The normalized spacial score (nSPS) is 25.4. The van der Waals surface area contributed by atoms with Crippen molar-refractivity contribution in [3.8, 4) is 0 Å². The van der Waals surface area contributed by atoms with Crippen LogP contribution in [0.3, 0.4) is 0 Å². The zero-order valence-corrected chi connectivity index (χ0v) is 11.8. The summed E-state index contributed by atoms with van der Waals surface area (Å²) in [6, 6.07) is 0. The average molecular weight is 238 g/mol. The van der Waals surface area contributed by atoms with Gasteiger partial charge in [-0.15, -0.1) is 0 Å². The Morgan fingerprint density at radius 3 is 2.00 bits per heavy atom. The summed E-state index contributed by atoms with van der Waals surface area (Å²) in [5.74, 6) is 0. The highest BCUT2D eigenvalue weighted by Crippen LogP contribution is 2.41.